The van der Waals surface area contributed by atoms with Crippen LogP contribution in [-0.2, 0) is 4.79 Å². The Morgan fingerprint density at radius 2 is 1.83 bits per heavy atom. The summed E-state index contributed by atoms with van der Waals surface area (Å²) in [7, 11) is 0. The Bertz CT molecular complexity index is 179. The van der Waals surface area contributed by atoms with Crippen LogP contribution in [0.2, 0.25) is 0 Å². The van der Waals surface area contributed by atoms with Crippen molar-refractivity contribution in [1.82, 2.24) is 10.6 Å². The fourth-order valence-electron chi connectivity index (χ4n) is 1.59. The van der Waals surface area contributed by atoms with Crippen LogP contribution in [0, 0.1) is 11.5 Å². The van der Waals surface area contributed by atoms with Crippen LogP contribution in [0.4, 0.5) is 0 Å². The quantitative estimate of drug-likeness (QED) is 0.356. The van der Waals surface area contributed by atoms with Crippen molar-refractivity contribution in [2.75, 3.05) is 0 Å². The fraction of sp³-hybridized carbons (Fsp3) is 0.750. The number of carbonyl (C=O) groups excluding carboxylic acids is 1. The Balaban J connectivity index is 2.21. The largest absolute Gasteiger partial charge is 0.356 e. The molecule has 0 radical (unpaired) electrons. The molecule has 0 aromatic heterocycles. The summed E-state index contributed by atoms with van der Waals surface area (Å²) in [6, 6.07) is 0.638. The average Bonchev–Trinajstić information content (AvgIpc) is 2.09. The van der Waals surface area contributed by atoms with Gasteiger partial charge < -0.3 is 10.6 Å². The van der Waals surface area contributed by atoms with E-state index < -0.39 is 0 Å². The van der Waals surface area contributed by atoms with Gasteiger partial charge in [0.05, 0.1) is 0 Å². The Hall–Kier alpha value is -1.24. The molecule has 1 saturated carbocycles. The van der Waals surface area contributed by atoms with Gasteiger partial charge in [-0.25, -0.2) is 0 Å². The second-order valence-electron chi connectivity index (χ2n) is 3.09. The van der Waals surface area contributed by atoms with Gasteiger partial charge in [-0.3, -0.25) is 4.79 Å². The summed E-state index contributed by atoms with van der Waals surface area (Å²) < 4.78 is 0. The van der Waals surface area contributed by atoms with Gasteiger partial charge in [0, 0.05) is 12.1 Å². The Kier molecular flexibility index (Phi) is 3.39. The van der Waals surface area contributed by atoms with Gasteiger partial charge in [-0.2, -0.15) is 5.26 Å². The van der Waals surface area contributed by atoms with E-state index in [1.807, 2.05) is 6.19 Å². The molecule has 4 nitrogen and oxygen atoms in total. The maximum absolute atomic E-state index is 10.1. The zero-order valence-corrected chi connectivity index (χ0v) is 6.92. The number of rotatable bonds is 3. The second-order valence-corrected chi connectivity index (χ2v) is 3.09. The lowest BCUT2D eigenvalue weighted by molar-refractivity contribution is -0.110. The number of nitrogens with one attached hydrogen (secondary N) is 2. The third-order valence-corrected chi connectivity index (χ3v) is 2.30. The van der Waals surface area contributed by atoms with Crippen molar-refractivity contribution in [3.63, 3.8) is 0 Å². The summed E-state index contributed by atoms with van der Waals surface area (Å²) in [4.78, 5) is 10.1. The van der Waals surface area contributed by atoms with Crippen molar-refractivity contribution in [3.05, 3.63) is 0 Å². The predicted molar refractivity (Wildman–Crippen MR) is 44.0 cm³/mol. The number of hydrogen-bond acceptors (Lipinski definition) is 3. The Morgan fingerprint density at radius 1 is 1.25 bits per heavy atom. The average molecular weight is 167 g/mol. The first-order chi connectivity index (χ1) is 5.86. The molecule has 1 rings (SSSR count). The van der Waals surface area contributed by atoms with E-state index in [1.165, 1.54) is 0 Å². The van der Waals surface area contributed by atoms with Gasteiger partial charge in [0.2, 0.25) is 6.41 Å². The summed E-state index contributed by atoms with van der Waals surface area (Å²) in [6.45, 7) is 0. The highest BCUT2D eigenvalue weighted by molar-refractivity contribution is 5.46. The van der Waals surface area contributed by atoms with E-state index in [0.29, 0.717) is 12.1 Å². The van der Waals surface area contributed by atoms with E-state index in [-0.39, 0.29) is 0 Å². The van der Waals surface area contributed by atoms with E-state index in [9.17, 15) is 4.79 Å². The van der Waals surface area contributed by atoms with Gasteiger partial charge in [-0.15, -0.1) is 0 Å². The monoisotopic (exact) mass is 167 g/mol. The van der Waals surface area contributed by atoms with Crippen molar-refractivity contribution in [3.8, 4) is 6.19 Å². The number of nitriles is 1. The Labute approximate surface area is 71.9 Å². The van der Waals surface area contributed by atoms with Gasteiger partial charge in [0.25, 0.3) is 0 Å². The van der Waals surface area contributed by atoms with Gasteiger partial charge in [-0.05, 0) is 25.7 Å². The summed E-state index contributed by atoms with van der Waals surface area (Å²) in [5.74, 6) is 0. The minimum Gasteiger partial charge on any atom is -0.356 e. The van der Waals surface area contributed by atoms with Crippen molar-refractivity contribution < 1.29 is 4.79 Å². The van der Waals surface area contributed by atoms with Crippen molar-refractivity contribution in [1.29, 1.82) is 5.26 Å². The molecule has 0 unspecified atom stereocenters. The molecule has 1 aliphatic carbocycles. The molecular formula is C8H13N3O. The fourth-order valence-corrected chi connectivity index (χ4v) is 1.59. The highest BCUT2D eigenvalue weighted by Gasteiger charge is 2.19. The molecule has 2 N–H and O–H groups in total. The van der Waals surface area contributed by atoms with Gasteiger partial charge in [0.15, 0.2) is 6.19 Å². The molecule has 0 heterocycles. The van der Waals surface area contributed by atoms with Crippen LogP contribution in [0.1, 0.15) is 25.7 Å². The number of carbonyl (C=O) groups is 1. The number of nitrogens with zero attached hydrogens (tertiary/aromatic N) is 1. The van der Waals surface area contributed by atoms with Crippen molar-refractivity contribution in [2.24, 2.45) is 0 Å². The lowest BCUT2D eigenvalue weighted by atomic mass is 9.91. The van der Waals surface area contributed by atoms with Crippen LogP contribution in [0.3, 0.4) is 0 Å². The Morgan fingerprint density at radius 3 is 2.33 bits per heavy atom. The third-order valence-electron chi connectivity index (χ3n) is 2.30. The first-order valence-corrected chi connectivity index (χ1v) is 4.21. The molecule has 0 saturated heterocycles. The molecule has 0 bridgehead atoms. The molecule has 0 spiro atoms. The highest BCUT2D eigenvalue weighted by Crippen LogP contribution is 2.17. The zero-order valence-electron chi connectivity index (χ0n) is 6.92. The normalized spacial score (nSPS) is 28.6. The van der Waals surface area contributed by atoms with Gasteiger partial charge >= 0.3 is 0 Å². The molecule has 0 aromatic rings. The van der Waals surface area contributed by atoms with Crippen LogP contribution >= 0.6 is 0 Å². The van der Waals surface area contributed by atoms with E-state index in [0.717, 1.165) is 32.1 Å². The van der Waals surface area contributed by atoms with E-state index in [2.05, 4.69) is 10.6 Å². The second kappa shape index (κ2) is 4.60. The van der Waals surface area contributed by atoms with Crippen molar-refractivity contribution >= 4 is 6.41 Å². The zero-order chi connectivity index (χ0) is 8.81. The minimum absolute atomic E-state index is 0.319. The molecule has 1 fully saturated rings. The molecule has 4 heteroatoms. The van der Waals surface area contributed by atoms with E-state index in [4.69, 9.17) is 5.26 Å². The van der Waals surface area contributed by atoms with Crippen LogP contribution in [-0.4, -0.2) is 18.5 Å². The topological polar surface area (TPSA) is 64.9 Å². The minimum atomic E-state index is 0.319. The van der Waals surface area contributed by atoms with Gasteiger partial charge in [-0.1, -0.05) is 0 Å². The molecule has 0 aromatic carbocycles. The van der Waals surface area contributed by atoms with Crippen molar-refractivity contribution in [2.45, 2.75) is 37.8 Å². The summed E-state index contributed by atoms with van der Waals surface area (Å²) in [5, 5.41) is 13.8. The highest BCUT2D eigenvalue weighted by atomic mass is 16.1. The third kappa shape index (κ3) is 2.42. The molecule has 0 aliphatic heterocycles. The van der Waals surface area contributed by atoms with E-state index >= 15 is 0 Å². The standard InChI is InChI=1S/C8H13N3O/c9-5-10-7-1-3-8(4-2-7)11-6-12/h6-8,10H,1-4H2,(H,11,12). The smallest absolute Gasteiger partial charge is 0.207 e. The summed E-state index contributed by atoms with van der Waals surface area (Å²) in [5.41, 5.74) is 0. The van der Waals surface area contributed by atoms with Crippen LogP contribution < -0.4 is 10.6 Å². The number of hydrogen-bond donors (Lipinski definition) is 2. The lowest BCUT2D eigenvalue weighted by Gasteiger charge is -2.26. The van der Waals surface area contributed by atoms with Crippen LogP contribution in [0.15, 0.2) is 0 Å². The maximum Gasteiger partial charge on any atom is 0.207 e. The summed E-state index contributed by atoms with van der Waals surface area (Å²) in [6.07, 6.45) is 6.58. The maximum atomic E-state index is 10.1. The van der Waals surface area contributed by atoms with Gasteiger partial charge in [0.1, 0.15) is 0 Å². The van der Waals surface area contributed by atoms with E-state index in [1.54, 1.807) is 0 Å². The molecule has 66 valence electrons. The first-order valence-electron chi connectivity index (χ1n) is 4.21. The lowest BCUT2D eigenvalue weighted by Crippen LogP contribution is -2.37. The predicted octanol–water partition coefficient (Wildman–Crippen LogP) is 0.114. The molecular weight excluding hydrogens is 154 g/mol. The summed E-state index contributed by atoms with van der Waals surface area (Å²) >= 11 is 0. The SMILES string of the molecule is N#CNC1CCC(NC=O)CC1. The van der Waals surface area contributed by atoms with Crippen LogP contribution in [0.5, 0.6) is 0 Å². The molecule has 1 aliphatic rings. The van der Waals surface area contributed by atoms with Crippen LogP contribution in [0.25, 0.3) is 0 Å². The number of amides is 1. The first kappa shape index (κ1) is 8.85. The molecule has 1 amide bonds. The molecule has 12 heavy (non-hydrogen) atoms. The molecule has 0 atom stereocenters.